The van der Waals surface area contributed by atoms with Crippen molar-refractivity contribution in [2.24, 2.45) is 0 Å². The van der Waals surface area contributed by atoms with Crippen molar-refractivity contribution in [1.82, 2.24) is 13.9 Å². The molecular formula is C25H24N3NaO7S2. The molecule has 0 radical (unpaired) electrons. The first-order chi connectivity index (χ1) is 17.7. The largest absolute Gasteiger partial charge is 1.00 e. The Morgan fingerprint density at radius 2 is 1.87 bits per heavy atom. The topological polar surface area (TPSA) is 146 Å². The number of methoxy groups -OCH3 is 1. The Morgan fingerprint density at radius 1 is 1.11 bits per heavy atom. The smallest absolute Gasteiger partial charge is 0.609 e. The summed E-state index contributed by atoms with van der Waals surface area (Å²) in [6.07, 6.45) is 2.23. The average Bonchev–Trinajstić information content (AvgIpc) is 3.29. The molecule has 4 rings (SSSR count). The number of para-hydroxylation sites is 2. The van der Waals surface area contributed by atoms with Crippen LogP contribution in [-0.2, 0) is 31.7 Å². The maximum Gasteiger partial charge on any atom is 1.00 e. The van der Waals surface area contributed by atoms with Crippen LogP contribution in [-0.4, -0.2) is 53.2 Å². The monoisotopic (exact) mass is 565 g/mol. The molecule has 0 N–H and O–H groups in total. The third kappa shape index (κ3) is 6.40. The number of aromatic carboxylic acids is 1. The number of carboxylic acid groups (broad SMARTS) is 1. The molecule has 0 saturated heterocycles. The van der Waals surface area contributed by atoms with E-state index >= 15 is 0 Å². The predicted molar refractivity (Wildman–Crippen MR) is 134 cm³/mol. The molecule has 0 fully saturated rings. The Hall–Kier alpha value is -2.45. The molecule has 2 heterocycles. The van der Waals surface area contributed by atoms with E-state index in [0.717, 1.165) is 10.0 Å². The summed E-state index contributed by atoms with van der Waals surface area (Å²) in [6.45, 7) is 2.77. The van der Waals surface area contributed by atoms with Crippen LogP contribution in [0, 0.1) is 6.92 Å². The van der Waals surface area contributed by atoms with Crippen LogP contribution in [0.1, 0.15) is 28.0 Å². The van der Waals surface area contributed by atoms with Crippen molar-refractivity contribution in [2.45, 2.75) is 29.1 Å². The second kappa shape index (κ2) is 13.1. The van der Waals surface area contributed by atoms with Gasteiger partial charge in [0.1, 0.15) is 5.75 Å². The Labute approximate surface area is 245 Å². The molecule has 38 heavy (non-hydrogen) atoms. The molecule has 2 aromatic heterocycles. The molecule has 194 valence electrons. The molecule has 2 aromatic carbocycles. The third-order valence-electron chi connectivity index (χ3n) is 5.58. The summed E-state index contributed by atoms with van der Waals surface area (Å²) in [7, 11) is -2.76. The predicted octanol–water partition coefficient (Wildman–Crippen LogP) is -0.933. The SMILES string of the molecule is COCCCOc1ccnc(C[S+]([O-])c2nc3ccccc3n2S(=O)(=O)c2cccc(C(=O)[O-])c2)c1C.[Na+]. The van der Waals surface area contributed by atoms with E-state index in [1.54, 1.807) is 44.4 Å². The summed E-state index contributed by atoms with van der Waals surface area (Å²) in [6, 6.07) is 13.0. The summed E-state index contributed by atoms with van der Waals surface area (Å²) in [5, 5.41) is 11.1. The van der Waals surface area contributed by atoms with Crippen molar-refractivity contribution in [1.29, 1.82) is 0 Å². The number of benzene rings is 2. The number of rotatable bonds is 11. The van der Waals surface area contributed by atoms with Crippen molar-refractivity contribution >= 4 is 38.2 Å². The summed E-state index contributed by atoms with van der Waals surface area (Å²) >= 11 is -1.93. The molecule has 1 atom stereocenters. The van der Waals surface area contributed by atoms with Crippen LogP contribution in [0.15, 0.2) is 70.8 Å². The summed E-state index contributed by atoms with van der Waals surface area (Å²) in [4.78, 5) is 19.7. The molecular weight excluding hydrogens is 541 g/mol. The number of aromatic nitrogens is 3. The summed E-state index contributed by atoms with van der Waals surface area (Å²) < 4.78 is 52.7. The quantitative estimate of drug-likeness (QED) is 0.128. The first kappa shape index (κ1) is 30.1. The molecule has 1 unspecified atom stereocenters. The Bertz CT molecular complexity index is 1540. The zero-order valence-electron chi connectivity index (χ0n) is 21.1. The van der Waals surface area contributed by atoms with E-state index in [9.17, 15) is 22.9 Å². The molecule has 0 amide bonds. The van der Waals surface area contributed by atoms with Crippen LogP contribution >= 0.6 is 0 Å². The minimum atomic E-state index is -4.37. The molecule has 13 heteroatoms. The van der Waals surface area contributed by atoms with E-state index < -0.39 is 27.2 Å². The standard InChI is InChI=1S/C25H25N3O7S2.Na/c1-17-21(26-12-11-23(17)35-14-6-13-34-2)16-36(31)25-27-20-9-3-4-10-22(20)28(25)37(32,33)19-8-5-7-18(15-19)24(29)30;/h3-5,7-12,15H,6,13-14,16H2,1-2H3,(H,29,30);/q;+1/p-1. The van der Waals surface area contributed by atoms with Gasteiger partial charge < -0.3 is 23.9 Å². The molecule has 0 aliphatic heterocycles. The van der Waals surface area contributed by atoms with Crippen LogP contribution in [0.3, 0.4) is 0 Å². The second-order valence-electron chi connectivity index (χ2n) is 8.03. The fourth-order valence-electron chi connectivity index (χ4n) is 3.68. The molecule has 4 aromatic rings. The van der Waals surface area contributed by atoms with Gasteiger partial charge in [-0.15, -0.1) is 0 Å². The van der Waals surface area contributed by atoms with Gasteiger partial charge in [0.05, 0.1) is 34.2 Å². The minimum absolute atomic E-state index is 0. The molecule has 0 saturated carbocycles. The van der Waals surface area contributed by atoms with E-state index in [1.807, 2.05) is 0 Å². The Balaban J connectivity index is 0.00000400. The number of nitrogens with zero attached hydrogens (tertiary/aromatic N) is 3. The third-order valence-corrected chi connectivity index (χ3v) is 8.61. The molecule has 0 aliphatic carbocycles. The first-order valence-electron chi connectivity index (χ1n) is 11.2. The van der Waals surface area contributed by atoms with E-state index in [0.29, 0.717) is 42.2 Å². The zero-order chi connectivity index (χ0) is 26.6. The molecule has 0 spiro atoms. The number of carbonyl (C=O) groups excluding carboxylic acids is 1. The van der Waals surface area contributed by atoms with Gasteiger partial charge in [0.25, 0.3) is 10.0 Å². The fourth-order valence-corrected chi connectivity index (χ4v) is 6.77. The summed E-state index contributed by atoms with van der Waals surface area (Å²) in [5.41, 5.74) is 1.39. The maximum atomic E-state index is 13.7. The van der Waals surface area contributed by atoms with Crippen LogP contribution in [0.4, 0.5) is 0 Å². The van der Waals surface area contributed by atoms with Gasteiger partial charge in [-0.25, -0.2) is 8.42 Å². The van der Waals surface area contributed by atoms with Crippen LogP contribution in [0.25, 0.3) is 11.0 Å². The zero-order valence-corrected chi connectivity index (χ0v) is 24.8. The number of fused-ring (bicyclic) bond motifs is 1. The maximum absolute atomic E-state index is 13.7. The van der Waals surface area contributed by atoms with Gasteiger partial charge in [-0.3, -0.25) is 4.98 Å². The van der Waals surface area contributed by atoms with E-state index in [1.165, 1.54) is 24.4 Å². The molecule has 10 nitrogen and oxygen atoms in total. The molecule has 0 bridgehead atoms. The van der Waals surface area contributed by atoms with E-state index in [2.05, 4.69) is 9.97 Å². The van der Waals surface area contributed by atoms with Crippen molar-refractivity contribution < 1.29 is 61.9 Å². The van der Waals surface area contributed by atoms with Gasteiger partial charge in [0, 0.05) is 43.1 Å². The first-order valence-corrected chi connectivity index (χ1v) is 14.0. The Morgan fingerprint density at radius 3 is 2.61 bits per heavy atom. The minimum Gasteiger partial charge on any atom is -0.609 e. The van der Waals surface area contributed by atoms with Gasteiger partial charge in [-0.1, -0.05) is 24.3 Å². The number of hydrogen-bond acceptors (Lipinski definition) is 9. The number of pyridine rings is 1. The average molecular weight is 566 g/mol. The van der Waals surface area contributed by atoms with E-state index in [4.69, 9.17) is 9.47 Å². The number of ether oxygens (including phenoxy) is 2. The van der Waals surface area contributed by atoms with Crippen LogP contribution < -0.4 is 39.4 Å². The Kier molecular flexibility index (Phi) is 10.4. The van der Waals surface area contributed by atoms with Gasteiger partial charge in [-0.2, -0.15) is 8.96 Å². The fraction of sp³-hybridized carbons (Fsp3) is 0.240. The van der Waals surface area contributed by atoms with Gasteiger partial charge in [0.15, 0.2) is 5.75 Å². The number of carbonyl (C=O) groups is 1. The summed E-state index contributed by atoms with van der Waals surface area (Å²) in [5.74, 6) is -1.04. The van der Waals surface area contributed by atoms with Crippen LogP contribution in [0.2, 0.25) is 0 Å². The van der Waals surface area contributed by atoms with Gasteiger partial charge in [-0.05, 0) is 42.8 Å². The van der Waals surface area contributed by atoms with Gasteiger partial charge in [0.2, 0.25) is 0 Å². The van der Waals surface area contributed by atoms with Crippen molar-refractivity contribution in [3.05, 3.63) is 77.6 Å². The van der Waals surface area contributed by atoms with E-state index in [-0.39, 0.29) is 56.4 Å². The van der Waals surface area contributed by atoms with Crippen molar-refractivity contribution in [2.75, 3.05) is 20.3 Å². The van der Waals surface area contributed by atoms with Gasteiger partial charge >= 0.3 is 34.7 Å². The van der Waals surface area contributed by atoms with Crippen LogP contribution in [0.5, 0.6) is 5.75 Å². The number of hydrogen-bond donors (Lipinski definition) is 0. The number of carboxylic acids is 1. The van der Waals surface area contributed by atoms with Crippen molar-refractivity contribution in [3.63, 3.8) is 0 Å². The number of imidazole rings is 1. The normalized spacial score (nSPS) is 12.2. The second-order valence-corrected chi connectivity index (χ2v) is 11.2. The van der Waals surface area contributed by atoms with Crippen molar-refractivity contribution in [3.8, 4) is 5.75 Å². The molecule has 0 aliphatic rings.